The lowest BCUT2D eigenvalue weighted by molar-refractivity contribution is -0.138. The van der Waals surface area contributed by atoms with Crippen molar-refractivity contribution >= 4 is 18.2 Å². The number of hydrogen-bond acceptors (Lipinski definition) is 3. The van der Waals surface area contributed by atoms with E-state index >= 15 is 0 Å². The molecule has 3 aromatic rings. The number of nitrogens with zero attached hydrogens (tertiary/aromatic N) is 2. The number of amides is 2. The molecule has 0 aliphatic rings. The third-order valence-electron chi connectivity index (χ3n) is 5.48. The van der Waals surface area contributed by atoms with Crippen LogP contribution in [0.25, 0.3) is 11.1 Å². The molecule has 0 unspecified atom stereocenters. The van der Waals surface area contributed by atoms with Crippen LogP contribution in [0.1, 0.15) is 29.2 Å². The Morgan fingerprint density at radius 2 is 1.75 bits per heavy atom. The van der Waals surface area contributed by atoms with Crippen molar-refractivity contribution in [3.05, 3.63) is 89.0 Å². The fourth-order valence-electron chi connectivity index (χ4n) is 3.68. The minimum Gasteiger partial charge on any atom is -0.496 e. The molecule has 36 heavy (non-hydrogen) atoms. The Labute approximate surface area is 206 Å². The number of rotatable bonds is 8. The molecule has 0 fully saturated rings. The van der Waals surface area contributed by atoms with E-state index in [0.29, 0.717) is 28.0 Å². The first-order valence-electron chi connectivity index (χ1n) is 11.1. The molecular formula is C27H25F3N2O4. The van der Waals surface area contributed by atoms with Gasteiger partial charge in [0.1, 0.15) is 5.75 Å². The number of halogens is 3. The lowest BCUT2D eigenvalue weighted by Gasteiger charge is -2.22. The molecule has 0 saturated heterocycles. The Bertz CT molecular complexity index is 1260. The van der Waals surface area contributed by atoms with Crippen LogP contribution in [0.4, 0.5) is 18.0 Å². The molecule has 0 saturated carbocycles. The molecule has 0 aliphatic carbocycles. The molecule has 0 atom stereocenters. The van der Waals surface area contributed by atoms with Crippen LogP contribution in [-0.2, 0) is 23.9 Å². The van der Waals surface area contributed by atoms with Crippen LogP contribution in [0.5, 0.6) is 5.75 Å². The second-order valence-corrected chi connectivity index (χ2v) is 7.94. The van der Waals surface area contributed by atoms with Crippen molar-refractivity contribution in [2.75, 3.05) is 13.7 Å². The van der Waals surface area contributed by atoms with Crippen molar-refractivity contribution in [2.24, 2.45) is 4.99 Å². The zero-order chi connectivity index (χ0) is 26.3. The molecule has 0 radical (unpaired) electrons. The summed E-state index contributed by atoms with van der Waals surface area (Å²) in [5.41, 5.74) is 1.35. The van der Waals surface area contributed by atoms with Gasteiger partial charge in [0, 0.05) is 24.9 Å². The third-order valence-corrected chi connectivity index (χ3v) is 5.48. The van der Waals surface area contributed by atoms with Gasteiger partial charge in [0.25, 0.3) is 0 Å². The van der Waals surface area contributed by atoms with Gasteiger partial charge in [-0.05, 0) is 53.4 Å². The van der Waals surface area contributed by atoms with Gasteiger partial charge in [0.15, 0.2) is 0 Å². The summed E-state index contributed by atoms with van der Waals surface area (Å²) < 4.78 is 46.0. The molecule has 0 heterocycles. The minimum atomic E-state index is -4.59. The number of carbonyl (C=O) groups is 2. The first kappa shape index (κ1) is 26.5. The SMILES string of the molecule is CCN(Cc1cc(C(F)(F)F)ccc1-c1cc(CC(=O)O)ccc1OC)C(=O)N=Cc1ccccc1. The number of benzene rings is 3. The van der Waals surface area contributed by atoms with Gasteiger partial charge in [0.2, 0.25) is 0 Å². The van der Waals surface area contributed by atoms with E-state index in [4.69, 9.17) is 9.84 Å². The smallest absolute Gasteiger partial charge is 0.416 e. The average Bonchev–Trinajstić information content (AvgIpc) is 2.85. The molecule has 188 valence electrons. The summed E-state index contributed by atoms with van der Waals surface area (Å²) >= 11 is 0. The number of aliphatic imine (C=N–C) groups is 1. The van der Waals surface area contributed by atoms with Crippen LogP contribution in [0, 0.1) is 0 Å². The number of alkyl halides is 3. The van der Waals surface area contributed by atoms with E-state index in [1.165, 1.54) is 24.3 Å². The maximum Gasteiger partial charge on any atom is 0.416 e. The number of hydrogen-bond donors (Lipinski definition) is 1. The van der Waals surface area contributed by atoms with Crippen molar-refractivity contribution in [3.63, 3.8) is 0 Å². The average molecular weight is 499 g/mol. The quantitative estimate of drug-likeness (QED) is 0.383. The molecule has 3 aromatic carbocycles. The summed E-state index contributed by atoms with van der Waals surface area (Å²) in [7, 11) is 1.42. The Morgan fingerprint density at radius 1 is 1.03 bits per heavy atom. The fraction of sp³-hybridized carbons (Fsp3) is 0.222. The number of carboxylic acids is 1. The molecule has 9 heteroatoms. The van der Waals surface area contributed by atoms with E-state index in [1.807, 2.05) is 6.07 Å². The second-order valence-electron chi connectivity index (χ2n) is 7.94. The van der Waals surface area contributed by atoms with E-state index < -0.39 is 23.7 Å². The van der Waals surface area contributed by atoms with Crippen molar-refractivity contribution in [3.8, 4) is 16.9 Å². The highest BCUT2D eigenvalue weighted by Crippen LogP contribution is 2.38. The maximum atomic E-state index is 13.5. The fourth-order valence-corrected chi connectivity index (χ4v) is 3.68. The van der Waals surface area contributed by atoms with Gasteiger partial charge >= 0.3 is 18.2 Å². The zero-order valence-corrected chi connectivity index (χ0v) is 19.7. The van der Waals surface area contributed by atoms with Crippen LogP contribution in [0.3, 0.4) is 0 Å². The standard InChI is InChI=1S/C27H25F3N2O4/c1-3-32(26(35)31-16-18-7-5-4-6-8-18)17-20-15-21(27(28,29)30)10-11-22(20)23-13-19(14-25(33)34)9-12-24(23)36-2/h4-13,15-16H,3,14,17H2,1-2H3,(H,33,34). The van der Waals surface area contributed by atoms with E-state index in [1.54, 1.807) is 49.4 Å². The summed E-state index contributed by atoms with van der Waals surface area (Å²) in [6.07, 6.45) is -3.45. The predicted octanol–water partition coefficient (Wildman–Crippen LogP) is 6.07. The van der Waals surface area contributed by atoms with Crippen LogP contribution in [0.2, 0.25) is 0 Å². The Balaban J connectivity index is 2.04. The zero-order valence-electron chi connectivity index (χ0n) is 19.7. The Kier molecular flexibility index (Phi) is 8.47. The Hall–Kier alpha value is -4.14. The van der Waals surface area contributed by atoms with E-state index in [2.05, 4.69) is 4.99 Å². The van der Waals surface area contributed by atoms with E-state index in [9.17, 15) is 22.8 Å². The highest BCUT2D eigenvalue weighted by molar-refractivity contribution is 5.91. The van der Waals surface area contributed by atoms with Crippen LogP contribution in [-0.4, -0.2) is 41.9 Å². The molecular weight excluding hydrogens is 473 g/mol. The summed E-state index contributed by atoms with van der Waals surface area (Å²) in [4.78, 5) is 29.3. The highest BCUT2D eigenvalue weighted by Gasteiger charge is 2.31. The maximum absolute atomic E-state index is 13.5. The largest absolute Gasteiger partial charge is 0.496 e. The molecule has 0 aliphatic heterocycles. The first-order chi connectivity index (χ1) is 17.1. The molecule has 3 rings (SSSR count). The van der Waals surface area contributed by atoms with Gasteiger partial charge < -0.3 is 14.7 Å². The van der Waals surface area contributed by atoms with Crippen molar-refractivity contribution in [2.45, 2.75) is 26.1 Å². The minimum absolute atomic E-state index is 0.146. The highest BCUT2D eigenvalue weighted by atomic mass is 19.4. The molecule has 2 amide bonds. The third kappa shape index (κ3) is 6.71. The van der Waals surface area contributed by atoms with Crippen molar-refractivity contribution < 1.29 is 32.6 Å². The van der Waals surface area contributed by atoms with Crippen molar-refractivity contribution in [1.82, 2.24) is 4.90 Å². The number of carbonyl (C=O) groups excluding carboxylic acids is 1. The lowest BCUT2D eigenvalue weighted by Crippen LogP contribution is -2.28. The number of methoxy groups -OCH3 is 1. The number of carboxylic acid groups (broad SMARTS) is 1. The summed E-state index contributed by atoms with van der Waals surface area (Å²) in [6.45, 7) is 1.77. The van der Waals surface area contributed by atoms with Gasteiger partial charge in [-0.15, -0.1) is 0 Å². The Morgan fingerprint density at radius 3 is 2.36 bits per heavy atom. The molecule has 1 N–H and O–H groups in total. The topological polar surface area (TPSA) is 79.2 Å². The van der Waals surface area contributed by atoms with Gasteiger partial charge in [-0.2, -0.15) is 13.2 Å². The monoisotopic (exact) mass is 498 g/mol. The summed E-state index contributed by atoms with van der Waals surface area (Å²) in [5, 5.41) is 9.17. The van der Waals surface area contributed by atoms with Gasteiger partial charge in [-0.25, -0.2) is 9.79 Å². The predicted molar refractivity (Wildman–Crippen MR) is 130 cm³/mol. The van der Waals surface area contributed by atoms with E-state index in [0.717, 1.165) is 12.1 Å². The summed E-state index contributed by atoms with van der Waals surface area (Å²) in [6, 6.07) is 16.3. The van der Waals surface area contributed by atoms with Gasteiger partial charge in [-0.3, -0.25) is 4.79 Å². The van der Waals surface area contributed by atoms with Crippen LogP contribution < -0.4 is 4.74 Å². The number of aliphatic carboxylic acids is 1. The van der Waals surface area contributed by atoms with Crippen molar-refractivity contribution in [1.29, 1.82) is 0 Å². The molecule has 0 aromatic heterocycles. The van der Waals surface area contributed by atoms with Gasteiger partial charge in [0.05, 0.1) is 19.1 Å². The molecule has 6 nitrogen and oxygen atoms in total. The van der Waals surface area contributed by atoms with Crippen LogP contribution >= 0.6 is 0 Å². The number of ether oxygens (including phenoxy) is 1. The normalized spacial score (nSPS) is 11.5. The first-order valence-corrected chi connectivity index (χ1v) is 11.1. The lowest BCUT2D eigenvalue weighted by atomic mass is 9.94. The molecule has 0 bridgehead atoms. The van der Waals surface area contributed by atoms with Gasteiger partial charge in [-0.1, -0.05) is 42.5 Å². The molecule has 0 spiro atoms. The van der Waals surface area contributed by atoms with Crippen LogP contribution in [0.15, 0.2) is 71.7 Å². The second kappa shape index (κ2) is 11.5. The number of urea groups is 1. The van der Waals surface area contributed by atoms with E-state index in [-0.39, 0.29) is 25.1 Å². The summed E-state index contributed by atoms with van der Waals surface area (Å²) in [5.74, 6) is -0.681.